The van der Waals surface area contributed by atoms with Gasteiger partial charge in [0, 0.05) is 0 Å². The van der Waals surface area contributed by atoms with E-state index in [-0.39, 0.29) is 0 Å². The molecule has 0 fully saturated rings. The molecule has 9 rings (SSSR count). The first-order chi connectivity index (χ1) is 30.3. The second-order valence-corrected chi connectivity index (χ2v) is 20.6. The molecular weight excluding hydrogens is 874 g/mol. The topological polar surface area (TPSA) is 0 Å². The summed E-state index contributed by atoms with van der Waals surface area (Å²) in [5.41, 5.74) is 0. The van der Waals surface area contributed by atoms with Crippen molar-refractivity contribution in [2.75, 3.05) is 0 Å². The van der Waals surface area contributed by atoms with E-state index in [9.17, 15) is 13.2 Å². The van der Waals surface area contributed by atoms with E-state index in [0.29, 0.717) is 0 Å². The van der Waals surface area contributed by atoms with Crippen molar-refractivity contribution in [1.82, 2.24) is 0 Å². The zero-order chi connectivity index (χ0) is 43.2. The van der Waals surface area contributed by atoms with E-state index >= 15 is 0 Å². The first kappa shape index (κ1) is 46.1. The molecule has 0 heterocycles. The molecular formula is C55H45CuF3P3. The van der Waals surface area contributed by atoms with Crippen LogP contribution in [-0.2, 0) is 16.0 Å². The van der Waals surface area contributed by atoms with Crippen LogP contribution in [-0.4, -0.2) is 5.07 Å². The van der Waals surface area contributed by atoms with Crippen molar-refractivity contribution in [3.05, 3.63) is 273 Å². The van der Waals surface area contributed by atoms with Crippen LogP contribution >= 0.6 is 23.8 Å². The van der Waals surface area contributed by atoms with Crippen molar-refractivity contribution in [2.45, 2.75) is 5.07 Å². The fraction of sp³-hybridized carbons (Fsp3) is 0.0182. The molecule has 0 aliphatic carbocycles. The molecule has 0 unspecified atom stereocenters. The predicted octanol–water partition coefficient (Wildman–Crippen LogP) is 11.4. The Morgan fingerprint density at radius 2 is 0.290 bits per heavy atom. The first-order valence-corrected chi connectivity index (χ1v) is 24.4. The van der Waals surface area contributed by atoms with E-state index in [1.807, 2.05) is 0 Å². The average Bonchev–Trinajstić information content (AvgIpc) is 3.32. The Labute approximate surface area is 376 Å². The summed E-state index contributed by atoms with van der Waals surface area (Å²) in [7, 11) is -1.34. The van der Waals surface area contributed by atoms with Crippen molar-refractivity contribution in [3.8, 4) is 0 Å². The molecule has 0 aromatic heterocycles. The number of hydrogen-bond donors (Lipinski definition) is 0. The minimum atomic E-state index is -4.44. The Bertz CT molecular complexity index is 1970. The third-order valence-electron chi connectivity index (χ3n) is 9.13. The maximum absolute atomic E-state index is 10.2. The number of benzene rings is 9. The molecule has 312 valence electrons. The van der Waals surface area contributed by atoms with Crippen LogP contribution < -0.4 is 47.7 Å². The largest absolute Gasteiger partial charge is 0.0622 e. The van der Waals surface area contributed by atoms with Gasteiger partial charge in [0.15, 0.2) is 0 Å². The molecule has 7 heteroatoms. The summed E-state index contributed by atoms with van der Waals surface area (Å²) < 4.78 is 30.5. The molecule has 0 N–H and O–H groups in total. The van der Waals surface area contributed by atoms with Gasteiger partial charge < -0.3 is 0 Å². The maximum Gasteiger partial charge on any atom is -0.0134 e. The van der Waals surface area contributed by atoms with Gasteiger partial charge in [-0.25, -0.2) is 0 Å². The normalized spacial score (nSPS) is 10.7. The third-order valence-corrected chi connectivity index (χ3v) is 16.5. The summed E-state index contributed by atoms with van der Waals surface area (Å²) in [6.45, 7) is 0. The van der Waals surface area contributed by atoms with Gasteiger partial charge in [-0.15, -0.1) is 0 Å². The third kappa shape index (κ3) is 14.9. The van der Waals surface area contributed by atoms with Gasteiger partial charge >= 0.3 is 34.3 Å². The Hall–Kier alpha value is -5.42. The fourth-order valence-electron chi connectivity index (χ4n) is 6.54. The molecule has 0 saturated carbocycles. The molecule has 9 aromatic carbocycles. The Kier molecular flexibility index (Phi) is 18.5. The van der Waals surface area contributed by atoms with E-state index in [1.54, 1.807) is 0 Å². The summed E-state index contributed by atoms with van der Waals surface area (Å²) in [6, 6.07) is 97.0. The van der Waals surface area contributed by atoms with Gasteiger partial charge in [0.25, 0.3) is 0 Å². The van der Waals surface area contributed by atoms with Gasteiger partial charge in [-0.3, -0.25) is 0 Å². The van der Waals surface area contributed by atoms with Crippen LogP contribution in [0.4, 0.5) is 13.2 Å². The van der Waals surface area contributed by atoms with Crippen LogP contribution in [0, 0.1) is 0 Å². The zero-order valence-electron chi connectivity index (χ0n) is 33.8. The van der Waals surface area contributed by atoms with Crippen molar-refractivity contribution in [1.29, 1.82) is 0 Å². The molecule has 0 aliphatic heterocycles. The Balaban J connectivity index is 0.000000147. The molecule has 0 nitrogen and oxygen atoms in total. The van der Waals surface area contributed by atoms with Gasteiger partial charge in [0.2, 0.25) is 0 Å². The SMILES string of the molecule is F[C](F)(F)[Cu].c1ccc(P(c2ccccc2)c2ccccc2)cc1.c1ccc(P(c2ccccc2)c2ccccc2)cc1.c1ccc(P(c2ccccc2)c2ccccc2)cc1. The molecule has 0 atom stereocenters. The van der Waals surface area contributed by atoms with E-state index in [2.05, 4.69) is 289 Å². The molecule has 62 heavy (non-hydrogen) atoms. The van der Waals surface area contributed by atoms with Gasteiger partial charge in [-0.1, -0.05) is 273 Å². The molecule has 0 bridgehead atoms. The predicted molar refractivity (Wildman–Crippen MR) is 261 cm³/mol. The second-order valence-electron chi connectivity index (χ2n) is 13.4. The second kappa shape index (κ2) is 24.9. The summed E-state index contributed by atoms with van der Waals surface area (Å²) in [4.78, 5) is 0. The molecule has 0 radical (unpaired) electrons. The van der Waals surface area contributed by atoms with Crippen LogP contribution in [0.15, 0.2) is 273 Å². The van der Waals surface area contributed by atoms with Gasteiger partial charge in [0.05, 0.1) is 0 Å². The molecule has 0 spiro atoms. The molecule has 0 saturated heterocycles. The first-order valence-electron chi connectivity index (χ1n) is 19.9. The zero-order valence-corrected chi connectivity index (χ0v) is 37.4. The van der Waals surface area contributed by atoms with Crippen LogP contribution in [0.1, 0.15) is 0 Å². The Morgan fingerprint density at radius 1 is 0.210 bits per heavy atom. The van der Waals surface area contributed by atoms with Crippen molar-refractivity contribution >= 4 is 71.5 Å². The van der Waals surface area contributed by atoms with E-state index in [4.69, 9.17) is 0 Å². The van der Waals surface area contributed by atoms with Crippen molar-refractivity contribution in [3.63, 3.8) is 0 Å². The summed E-state index contributed by atoms with van der Waals surface area (Å²) in [5.74, 6) is 0. The van der Waals surface area contributed by atoms with E-state index in [1.165, 1.54) is 47.7 Å². The quantitative estimate of drug-likeness (QED) is 0.1000. The van der Waals surface area contributed by atoms with Gasteiger partial charge in [-0.2, -0.15) is 0 Å². The average molecular weight is 919 g/mol. The molecule has 0 amide bonds. The Morgan fingerprint density at radius 3 is 0.371 bits per heavy atom. The summed E-state index contributed by atoms with van der Waals surface area (Å²) in [6.07, 6.45) is 0. The standard InChI is InChI=1S/3C18H15P.CF3.Cu/c3*1-4-10-16(11-5-1)19(17-12-6-2-7-13-17)18-14-8-3-9-15-18;2-1(3)4;/h3*1-15H;;. The van der Waals surface area contributed by atoms with Gasteiger partial charge in [-0.05, 0) is 71.5 Å². The van der Waals surface area contributed by atoms with Crippen LogP contribution in [0.3, 0.4) is 0 Å². The van der Waals surface area contributed by atoms with Gasteiger partial charge in [0.1, 0.15) is 0 Å². The fourth-order valence-corrected chi connectivity index (χ4v) is 13.5. The minimum absolute atomic E-state index is 0.446. The maximum atomic E-state index is 10.2. The van der Waals surface area contributed by atoms with E-state index < -0.39 is 28.8 Å². The van der Waals surface area contributed by atoms with Crippen LogP contribution in [0.5, 0.6) is 0 Å². The number of halogens is 3. The minimum Gasteiger partial charge on any atom is -0.0622 e. The van der Waals surface area contributed by atoms with Crippen molar-refractivity contribution in [2.24, 2.45) is 0 Å². The number of alkyl halides is 3. The summed E-state index contributed by atoms with van der Waals surface area (Å²) >= 11 is 2.96. The van der Waals surface area contributed by atoms with E-state index in [0.717, 1.165) is 0 Å². The summed E-state index contributed by atoms with van der Waals surface area (Å²) in [5, 5.41) is 8.15. The van der Waals surface area contributed by atoms with Crippen LogP contribution in [0.25, 0.3) is 0 Å². The monoisotopic (exact) mass is 918 g/mol. The van der Waals surface area contributed by atoms with Crippen molar-refractivity contribution < 1.29 is 29.2 Å². The van der Waals surface area contributed by atoms with Crippen LogP contribution in [0.2, 0.25) is 0 Å². The molecule has 0 aliphatic rings. The number of rotatable bonds is 9. The number of hydrogen-bond acceptors (Lipinski definition) is 0. The molecule has 9 aromatic rings. The smallest absolute Gasteiger partial charge is 0.0134 e.